The summed E-state index contributed by atoms with van der Waals surface area (Å²) in [5.41, 5.74) is 0.415. The molecule has 1 aliphatic rings. The summed E-state index contributed by atoms with van der Waals surface area (Å²) in [6.45, 7) is 10.7. The van der Waals surface area contributed by atoms with E-state index in [1.54, 1.807) is 0 Å². The number of hydrogen-bond acceptors (Lipinski definition) is 1. The van der Waals surface area contributed by atoms with Gasteiger partial charge in [-0.05, 0) is 44.6 Å². The van der Waals surface area contributed by atoms with Crippen LogP contribution in [0.25, 0.3) is 0 Å². The van der Waals surface area contributed by atoms with Crippen molar-refractivity contribution >= 4 is 0 Å². The molecule has 1 aliphatic carbocycles. The van der Waals surface area contributed by atoms with Gasteiger partial charge in [0.2, 0.25) is 0 Å². The molecule has 1 heteroatoms. The van der Waals surface area contributed by atoms with Crippen LogP contribution in [0.15, 0.2) is 0 Å². The Kier molecular flexibility index (Phi) is 6.54. The highest BCUT2D eigenvalue weighted by Crippen LogP contribution is 2.33. The third kappa shape index (κ3) is 4.62. The summed E-state index contributed by atoms with van der Waals surface area (Å²) in [6, 6.07) is 0. The molecule has 1 nitrogen and oxygen atoms in total. The minimum Gasteiger partial charge on any atom is -0.311 e. The topological polar surface area (TPSA) is 12.0 Å². The van der Waals surface area contributed by atoms with Gasteiger partial charge in [-0.2, -0.15) is 0 Å². The van der Waals surface area contributed by atoms with Crippen molar-refractivity contribution in [2.24, 2.45) is 11.8 Å². The van der Waals surface area contributed by atoms with Crippen LogP contribution < -0.4 is 5.32 Å². The van der Waals surface area contributed by atoms with Crippen LogP contribution in [0, 0.1) is 11.8 Å². The predicted octanol–water partition coefficient (Wildman–Crippen LogP) is 4.76. The molecule has 0 aromatic carbocycles. The molecule has 17 heavy (non-hydrogen) atoms. The minimum absolute atomic E-state index is 0.415. The molecule has 0 aromatic rings. The summed E-state index contributed by atoms with van der Waals surface area (Å²) >= 11 is 0. The van der Waals surface area contributed by atoms with Gasteiger partial charge in [-0.1, -0.05) is 52.9 Å². The third-order valence-electron chi connectivity index (χ3n) is 5.01. The smallest absolute Gasteiger partial charge is 0.0179 e. The van der Waals surface area contributed by atoms with Crippen molar-refractivity contribution in [1.82, 2.24) is 5.32 Å². The second-order valence-electron chi connectivity index (χ2n) is 6.36. The van der Waals surface area contributed by atoms with E-state index in [0.29, 0.717) is 5.54 Å². The van der Waals surface area contributed by atoms with Crippen molar-refractivity contribution in [2.75, 3.05) is 6.54 Å². The fraction of sp³-hybridized carbons (Fsp3) is 1.00. The fourth-order valence-corrected chi connectivity index (χ4v) is 3.09. The molecule has 102 valence electrons. The summed E-state index contributed by atoms with van der Waals surface area (Å²) < 4.78 is 0. The van der Waals surface area contributed by atoms with Crippen LogP contribution in [0.1, 0.15) is 79.1 Å². The molecule has 1 rings (SSSR count). The van der Waals surface area contributed by atoms with E-state index in [9.17, 15) is 0 Å². The van der Waals surface area contributed by atoms with E-state index in [2.05, 4.69) is 33.0 Å². The van der Waals surface area contributed by atoms with E-state index < -0.39 is 0 Å². The lowest BCUT2D eigenvalue weighted by molar-refractivity contribution is 0.164. The van der Waals surface area contributed by atoms with Crippen molar-refractivity contribution in [1.29, 1.82) is 0 Å². The molecular weight excluding hydrogens is 206 g/mol. The average Bonchev–Trinajstić information content (AvgIpc) is 2.34. The molecular formula is C16H33N. The van der Waals surface area contributed by atoms with Gasteiger partial charge in [-0.15, -0.1) is 0 Å². The molecule has 3 atom stereocenters. The van der Waals surface area contributed by atoms with Crippen LogP contribution >= 0.6 is 0 Å². The maximum absolute atomic E-state index is 3.91. The zero-order valence-electron chi connectivity index (χ0n) is 12.5. The van der Waals surface area contributed by atoms with Crippen molar-refractivity contribution in [3.63, 3.8) is 0 Å². The second-order valence-corrected chi connectivity index (χ2v) is 6.36. The van der Waals surface area contributed by atoms with Gasteiger partial charge in [0.05, 0.1) is 0 Å². The number of rotatable bonds is 7. The minimum atomic E-state index is 0.415. The van der Waals surface area contributed by atoms with Gasteiger partial charge in [0, 0.05) is 5.54 Å². The van der Waals surface area contributed by atoms with Gasteiger partial charge in [0.25, 0.3) is 0 Å². The van der Waals surface area contributed by atoms with Crippen molar-refractivity contribution < 1.29 is 0 Å². The van der Waals surface area contributed by atoms with Gasteiger partial charge < -0.3 is 5.32 Å². The summed E-state index contributed by atoms with van der Waals surface area (Å²) in [7, 11) is 0. The molecule has 0 radical (unpaired) electrons. The molecule has 0 spiro atoms. The Morgan fingerprint density at radius 3 is 2.65 bits per heavy atom. The summed E-state index contributed by atoms with van der Waals surface area (Å²) in [4.78, 5) is 0. The van der Waals surface area contributed by atoms with Gasteiger partial charge in [0.1, 0.15) is 0 Å². The Labute approximate surface area is 109 Å². The van der Waals surface area contributed by atoms with Crippen LogP contribution in [0.5, 0.6) is 0 Å². The lowest BCUT2D eigenvalue weighted by Crippen LogP contribution is -2.51. The van der Waals surface area contributed by atoms with E-state index in [4.69, 9.17) is 0 Å². The molecule has 0 aliphatic heterocycles. The van der Waals surface area contributed by atoms with Crippen molar-refractivity contribution in [3.05, 3.63) is 0 Å². The van der Waals surface area contributed by atoms with Gasteiger partial charge in [0.15, 0.2) is 0 Å². The molecule has 1 N–H and O–H groups in total. The molecule has 1 fully saturated rings. The first kappa shape index (κ1) is 15.0. The lowest BCUT2D eigenvalue weighted by atomic mass is 9.74. The highest BCUT2D eigenvalue weighted by atomic mass is 15.0. The molecule has 1 saturated carbocycles. The highest BCUT2D eigenvalue weighted by molar-refractivity contribution is 4.91. The first-order chi connectivity index (χ1) is 8.12. The average molecular weight is 239 g/mol. The molecule has 0 saturated heterocycles. The quantitative estimate of drug-likeness (QED) is 0.675. The monoisotopic (exact) mass is 239 g/mol. The Bertz CT molecular complexity index is 202. The SMILES string of the molecule is CCCCC(CC)CNC1(C)CCCCC1C. The van der Waals surface area contributed by atoms with Crippen LogP contribution in [0.2, 0.25) is 0 Å². The van der Waals surface area contributed by atoms with Gasteiger partial charge >= 0.3 is 0 Å². The molecule has 0 bridgehead atoms. The summed E-state index contributed by atoms with van der Waals surface area (Å²) in [6.07, 6.45) is 11.1. The Hall–Kier alpha value is -0.0400. The summed E-state index contributed by atoms with van der Waals surface area (Å²) in [5, 5.41) is 3.91. The Morgan fingerprint density at radius 2 is 2.06 bits per heavy atom. The van der Waals surface area contributed by atoms with E-state index in [1.165, 1.54) is 57.9 Å². The van der Waals surface area contributed by atoms with E-state index in [0.717, 1.165) is 11.8 Å². The number of nitrogens with one attached hydrogen (secondary N) is 1. The molecule has 0 aromatic heterocycles. The van der Waals surface area contributed by atoms with E-state index >= 15 is 0 Å². The van der Waals surface area contributed by atoms with Gasteiger partial charge in [-0.3, -0.25) is 0 Å². The molecule has 0 heterocycles. The molecule has 0 amide bonds. The van der Waals surface area contributed by atoms with Crippen molar-refractivity contribution in [2.45, 2.75) is 84.6 Å². The lowest BCUT2D eigenvalue weighted by Gasteiger charge is -2.41. The zero-order valence-corrected chi connectivity index (χ0v) is 12.5. The van der Waals surface area contributed by atoms with Crippen LogP contribution in [0.4, 0.5) is 0 Å². The van der Waals surface area contributed by atoms with E-state index in [-0.39, 0.29) is 0 Å². The predicted molar refractivity (Wildman–Crippen MR) is 77.3 cm³/mol. The van der Waals surface area contributed by atoms with Crippen molar-refractivity contribution in [3.8, 4) is 0 Å². The summed E-state index contributed by atoms with van der Waals surface area (Å²) in [5.74, 6) is 1.74. The Morgan fingerprint density at radius 1 is 1.29 bits per heavy atom. The first-order valence-electron chi connectivity index (χ1n) is 7.87. The zero-order chi connectivity index (χ0) is 12.7. The number of unbranched alkanes of at least 4 members (excludes halogenated alkanes) is 1. The first-order valence-corrected chi connectivity index (χ1v) is 7.87. The maximum atomic E-state index is 3.91. The van der Waals surface area contributed by atoms with E-state index in [1.807, 2.05) is 0 Å². The maximum Gasteiger partial charge on any atom is 0.0179 e. The van der Waals surface area contributed by atoms with Crippen LogP contribution in [-0.4, -0.2) is 12.1 Å². The normalized spacial score (nSPS) is 31.4. The fourth-order valence-electron chi connectivity index (χ4n) is 3.09. The van der Waals surface area contributed by atoms with Gasteiger partial charge in [-0.25, -0.2) is 0 Å². The highest BCUT2D eigenvalue weighted by Gasteiger charge is 2.33. The Balaban J connectivity index is 2.35. The third-order valence-corrected chi connectivity index (χ3v) is 5.01. The largest absolute Gasteiger partial charge is 0.311 e. The van der Waals surface area contributed by atoms with Crippen LogP contribution in [0.3, 0.4) is 0 Å². The number of hydrogen-bond donors (Lipinski definition) is 1. The molecule has 3 unspecified atom stereocenters. The second kappa shape index (κ2) is 7.41. The van der Waals surface area contributed by atoms with Crippen LogP contribution in [-0.2, 0) is 0 Å². The standard InChI is InChI=1S/C16H33N/c1-5-7-11-15(6-2)13-17-16(4)12-9-8-10-14(16)3/h14-15,17H,5-13H2,1-4H3.